The van der Waals surface area contributed by atoms with Gasteiger partial charge >= 0.3 is 0 Å². The number of carbonyl (C=O) groups excluding carboxylic acids is 2. The molecule has 1 aromatic heterocycles. The van der Waals surface area contributed by atoms with Crippen molar-refractivity contribution in [1.29, 1.82) is 0 Å². The number of carbonyl (C=O) groups is 2. The minimum absolute atomic E-state index is 0.182. The largest absolute Gasteiger partial charge is 0.269 e. The number of pyridine rings is 1. The molecule has 0 unspecified atom stereocenters. The monoisotopic (exact) mass is 278 g/mol. The summed E-state index contributed by atoms with van der Waals surface area (Å²) in [5, 5.41) is 1.81. The molecule has 21 heavy (non-hydrogen) atoms. The average Bonchev–Trinajstić information content (AvgIpc) is 2.79. The van der Waals surface area contributed by atoms with Crippen LogP contribution in [0.2, 0.25) is 0 Å². The predicted octanol–water partition coefficient (Wildman–Crippen LogP) is 2.98. The van der Waals surface area contributed by atoms with Crippen molar-refractivity contribution in [3.05, 3.63) is 47.7 Å². The zero-order chi connectivity index (χ0) is 14.4. The molecule has 2 amide bonds. The Morgan fingerprint density at radius 2 is 1.57 bits per heavy atom. The Balaban J connectivity index is 1.87. The van der Waals surface area contributed by atoms with Crippen molar-refractivity contribution < 1.29 is 9.59 Å². The van der Waals surface area contributed by atoms with Crippen LogP contribution in [0.4, 0.5) is 5.82 Å². The van der Waals surface area contributed by atoms with Crippen LogP contribution in [0.3, 0.4) is 0 Å². The highest BCUT2D eigenvalue weighted by Crippen LogP contribution is 2.36. The normalized spacial score (nSPS) is 18.6. The number of amides is 2. The van der Waals surface area contributed by atoms with Crippen LogP contribution in [0.5, 0.6) is 0 Å². The maximum Gasteiger partial charge on any atom is 0.262 e. The number of hydrogen-bond donors (Lipinski definition) is 0. The van der Waals surface area contributed by atoms with Crippen LogP contribution in [0.1, 0.15) is 25.7 Å². The summed E-state index contributed by atoms with van der Waals surface area (Å²) in [7, 11) is 0. The van der Waals surface area contributed by atoms with Crippen LogP contribution in [-0.2, 0) is 9.59 Å². The summed E-state index contributed by atoms with van der Waals surface area (Å²) in [6.07, 6.45) is 5.03. The van der Waals surface area contributed by atoms with Crippen LogP contribution in [0.15, 0.2) is 47.7 Å². The minimum Gasteiger partial charge on any atom is -0.269 e. The lowest BCUT2D eigenvalue weighted by Crippen LogP contribution is -2.32. The van der Waals surface area contributed by atoms with E-state index in [0.717, 1.165) is 23.6 Å². The third kappa shape index (κ3) is 1.72. The number of benzene rings is 1. The molecular formula is C17H14N2O2. The molecule has 4 heteroatoms. The van der Waals surface area contributed by atoms with Crippen LogP contribution in [0.25, 0.3) is 10.8 Å². The van der Waals surface area contributed by atoms with Crippen LogP contribution >= 0.6 is 0 Å². The van der Waals surface area contributed by atoms with Crippen molar-refractivity contribution in [1.82, 2.24) is 4.98 Å². The van der Waals surface area contributed by atoms with Gasteiger partial charge in [0.25, 0.3) is 11.8 Å². The first-order valence-corrected chi connectivity index (χ1v) is 7.22. The van der Waals surface area contributed by atoms with Crippen LogP contribution < -0.4 is 4.90 Å². The van der Waals surface area contributed by atoms with Crippen molar-refractivity contribution in [3.8, 4) is 0 Å². The summed E-state index contributed by atoms with van der Waals surface area (Å²) < 4.78 is 0. The Morgan fingerprint density at radius 3 is 2.29 bits per heavy atom. The third-order valence-electron chi connectivity index (χ3n) is 4.25. The Kier molecular flexibility index (Phi) is 2.64. The van der Waals surface area contributed by atoms with E-state index in [1.807, 2.05) is 30.3 Å². The van der Waals surface area contributed by atoms with Gasteiger partial charge in [0.05, 0.1) is 0 Å². The molecule has 1 aliphatic carbocycles. The lowest BCUT2D eigenvalue weighted by atomic mass is 9.93. The van der Waals surface area contributed by atoms with Gasteiger partial charge in [-0.25, -0.2) is 9.88 Å². The van der Waals surface area contributed by atoms with E-state index in [0.29, 0.717) is 29.8 Å². The first kappa shape index (κ1) is 12.3. The lowest BCUT2D eigenvalue weighted by molar-refractivity contribution is -0.120. The van der Waals surface area contributed by atoms with E-state index in [2.05, 4.69) is 4.98 Å². The van der Waals surface area contributed by atoms with Crippen LogP contribution in [-0.4, -0.2) is 16.8 Å². The summed E-state index contributed by atoms with van der Waals surface area (Å²) >= 11 is 0. The van der Waals surface area contributed by atoms with Crippen molar-refractivity contribution in [2.24, 2.45) is 0 Å². The van der Waals surface area contributed by atoms with Gasteiger partial charge in [0, 0.05) is 22.7 Å². The van der Waals surface area contributed by atoms with Gasteiger partial charge in [-0.05, 0) is 37.1 Å². The lowest BCUT2D eigenvalue weighted by Gasteiger charge is -2.16. The van der Waals surface area contributed by atoms with Gasteiger partial charge in [0.2, 0.25) is 0 Å². The topological polar surface area (TPSA) is 50.3 Å². The number of nitrogens with zero attached hydrogens (tertiary/aromatic N) is 2. The van der Waals surface area contributed by atoms with Crippen molar-refractivity contribution >= 4 is 28.4 Å². The van der Waals surface area contributed by atoms with E-state index in [-0.39, 0.29) is 11.8 Å². The first-order valence-electron chi connectivity index (χ1n) is 7.22. The van der Waals surface area contributed by atoms with Gasteiger partial charge in [-0.3, -0.25) is 9.59 Å². The smallest absolute Gasteiger partial charge is 0.262 e. The number of fused-ring (bicyclic) bond motifs is 1. The zero-order valence-electron chi connectivity index (χ0n) is 11.5. The second-order valence-corrected chi connectivity index (χ2v) is 5.47. The van der Waals surface area contributed by atoms with E-state index in [4.69, 9.17) is 0 Å². The molecule has 0 saturated heterocycles. The molecule has 1 aliphatic heterocycles. The molecule has 0 N–H and O–H groups in total. The standard InChI is InChI=1S/C17H14N2O2/c20-16-13-7-3-4-8-14(13)17(21)19(16)15-12-6-2-1-5-11(12)9-10-18-15/h1-2,5-6,9-10H,3-4,7-8H2. The predicted molar refractivity (Wildman–Crippen MR) is 79.7 cm³/mol. The highest BCUT2D eigenvalue weighted by atomic mass is 16.2. The van der Waals surface area contributed by atoms with Gasteiger partial charge in [-0.1, -0.05) is 24.3 Å². The molecule has 0 radical (unpaired) electrons. The fraction of sp³-hybridized carbons (Fsp3) is 0.235. The zero-order valence-corrected chi connectivity index (χ0v) is 11.5. The molecule has 104 valence electrons. The quantitative estimate of drug-likeness (QED) is 0.753. The summed E-state index contributed by atoms with van der Waals surface area (Å²) in [5.41, 5.74) is 1.39. The van der Waals surface area contributed by atoms with Gasteiger partial charge < -0.3 is 0 Å². The Bertz CT molecular complexity index is 774. The molecule has 0 fully saturated rings. The number of imide groups is 1. The van der Waals surface area contributed by atoms with Gasteiger partial charge in [0.1, 0.15) is 0 Å². The molecule has 2 aliphatic rings. The SMILES string of the molecule is O=C1C2=C(CCCC2)C(=O)N1c1nccc2ccccc12. The van der Waals surface area contributed by atoms with Crippen molar-refractivity contribution in [2.75, 3.05) is 4.90 Å². The summed E-state index contributed by atoms with van der Waals surface area (Å²) in [5.74, 6) is 0.0922. The third-order valence-corrected chi connectivity index (χ3v) is 4.25. The minimum atomic E-state index is -0.182. The summed E-state index contributed by atoms with van der Waals surface area (Å²) in [6.45, 7) is 0. The Hall–Kier alpha value is -2.49. The van der Waals surface area contributed by atoms with E-state index >= 15 is 0 Å². The van der Waals surface area contributed by atoms with Gasteiger partial charge in [0.15, 0.2) is 5.82 Å². The van der Waals surface area contributed by atoms with E-state index < -0.39 is 0 Å². The number of hydrogen-bond acceptors (Lipinski definition) is 3. The second-order valence-electron chi connectivity index (χ2n) is 5.47. The second kappa shape index (κ2) is 4.52. The molecule has 0 atom stereocenters. The molecule has 0 spiro atoms. The molecule has 2 aromatic rings. The molecular weight excluding hydrogens is 264 g/mol. The van der Waals surface area contributed by atoms with E-state index in [9.17, 15) is 9.59 Å². The highest BCUT2D eigenvalue weighted by Gasteiger charge is 2.40. The van der Waals surface area contributed by atoms with Crippen LogP contribution in [0, 0.1) is 0 Å². The average molecular weight is 278 g/mol. The van der Waals surface area contributed by atoms with E-state index in [1.165, 1.54) is 4.90 Å². The van der Waals surface area contributed by atoms with Gasteiger partial charge in [-0.15, -0.1) is 0 Å². The summed E-state index contributed by atoms with van der Waals surface area (Å²) in [4.78, 5) is 30.8. The molecule has 4 nitrogen and oxygen atoms in total. The fourth-order valence-electron chi connectivity index (χ4n) is 3.21. The first-order chi connectivity index (χ1) is 10.3. The van der Waals surface area contributed by atoms with Crippen molar-refractivity contribution in [3.63, 3.8) is 0 Å². The molecule has 2 heterocycles. The molecule has 0 bridgehead atoms. The summed E-state index contributed by atoms with van der Waals surface area (Å²) in [6, 6.07) is 9.57. The highest BCUT2D eigenvalue weighted by molar-refractivity contribution is 6.34. The van der Waals surface area contributed by atoms with E-state index in [1.54, 1.807) is 6.20 Å². The number of anilines is 1. The van der Waals surface area contributed by atoms with Crippen molar-refractivity contribution in [2.45, 2.75) is 25.7 Å². The van der Waals surface area contributed by atoms with Gasteiger partial charge in [-0.2, -0.15) is 0 Å². The maximum atomic E-state index is 12.6. The fourth-order valence-corrected chi connectivity index (χ4v) is 3.21. The molecule has 4 rings (SSSR count). The molecule has 0 saturated carbocycles. The number of aromatic nitrogens is 1. The Labute approximate surface area is 122 Å². The Morgan fingerprint density at radius 1 is 0.905 bits per heavy atom. The maximum absolute atomic E-state index is 12.6. The number of rotatable bonds is 1. The molecule has 1 aromatic carbocycles.